The lowest BCUT2D eigenvalue weighted by Crippen LogP contribution is -2.45. The normalized spacial score (nSPS) is 24.7. The van der Waals surface area contributed by atoms with Crippen molar-refractivity contribution >= 4 is 5.91 Å². The molecule has 2 fully saturated rings. The Kier molecular flexibility index (Phi) is 5.95. The molecule has 1 saturated heterocycles. The van der Waals surface area contributed by atoms with E-state index in [1.165, 1.54) is 17.5 Å². The van der Waals surface area contributed by atoms with Gasteiger partial charge in [-0.25, -0.2) is 0 Å². The van der Waals surface area contributed by atoms with E-state index in [1.54, 1.807) is 0 Å². The van der Waals surface area contributed by atoms with Gasteiger partial charge in [-0.15, -0.1) is 0 Å². The average Bonchev–Trinajstić information content (AvgIpc) is 3.11. The number of piperidine rings is 1. The lowest BCUT2D eigenvalue weighted by molar-refractivity contribution is -0.128. The summed E-state index contributed by atoms with van der Waals surface area (Å²) in [6, 6.07) is 12.7. The molecule has 2 aromatic rings. The highest BCUT2D eigenvalue weighted by atomic mass is 16.5. The predicted molar refractivity (Wildman–Crippen MR) is 121 cm³/mol. The lowest BCUT2D eigenvalue weighted by Gasteiger charge is -2.38. The van der Waals surface area contributed by atoms with E-state index in [4.69, 9.17) is 4.74 Å². The van der Waals surface area contributed by atoms with Crippen molar-refractivity contribution in [2.45, 2.75) is 64.1 Å². The molecule has 5 heteroatoms. The second-order valence-electron chi connectivity index (χ2n) is 9.58. The third kappa shape index (κ3) is 4.62. The molecule has 0 bridgehead atoms. The molecule has 0 unspecified atom stereocenters. The first kappa shape index (κ1) is 20.5. The van der Waals surface area contributed by atoms with Crippen LogP contribution in [-0.4, -0.2) is 35.0 Å². The van der Waals surface area contributed by atoms with Gasteiger partial charge in [-0.2, -0.15) is 0 Å². The maximum absolute atomic E-state index is 12.8. The smallest absolute Gasteiger partial charge is 0.223 e. The van der Waals surface area contributed by atoms with Gasteiger partial charge in [-0.1, -0.05) is 24.6 Å². The van der Waals surface area contributed by atoms with Gasteiger partial charge >= 0.3 is 0 Å². The van der Waals surface area contributed by atoms with Crippen molar-refractivity contribution in [2.75, 3.05) is 13.1 Å². The van der Waals surface area contributed by atoms with Crippen molar-refractivity contribution in [3.8, 4) is 5.75 Å². The Morgan fingerprint density at radius 2 is 2.13 bits per heavy atom. The molecular formula is C26H33N3O2. The summed E-state index contributed by atoms with van der Waals surface area (Å²) in [5, 5.41) is 3.38. The Bertz CT molecular complexity index is 912. The minimum atomic E-state index is -0.00799. The number of nitrogens with zero attached hydrogens (tertiary/aromatic N) is 2. The predicted octanol–water partition coefficient (Wildman–Crippen LogP) is 4.27. The molecule has 5 nitrogen and oxygen atoms in total. The van der Waals surface area contributed by atoms with Gasteiger partial charge in [0.2, 0.25) is 5.91 Å². The summed E-state index contributed by atoms with van der Waals surface area (Å²) < 4.78 is 5.86. The number of carbonyl (C=O) groups is 1. The largest absolute Gasteiger partial charge is 0.490 e. The van der Waals surface area contributed by atoms with Crippen LogP contribution in [0.1, 0.15) is 61.9 Å². The van der Waals surface area contributed by atoms with Gasteiger partial charge in [-0.3, -0.25) is 14.7 Å². The van der Waals surface area contributed by atoms with Gasteiger partial charge in [0.25, 0.3) is 0 Å². The lowest BCUT2D eigenvalue weighted by atomic mass is 9.83. The number of rotatable bonds is 6. The average molecular weight is 420 g/mol. The Morgan fingerprint density at radius 1 is 1.23 bits per heavy atom. The van der Waals surface area contributed by atoms with Crippen LogP contribution in [0.2, 0.25) is 0 Å². The van der Waals surface area contributed by atoms with Crippen molar-refractivity contribution in [3.05, 3.63) is 59.4 Å². The first-order valence-corrected chi connectivity index (χ1v) is 11.9. The number of hydrogen-bond acceptors (Lipinski definition) is 4. The maximum Gasteiger partial charge on any atom is 0.223 e. The highest BCUT2D eigenvalue weighted by Gasteiger charge is 2.33. The van der Waals surface area contributed by atoms with E-state index in [0.29, 0.717) is 5.92 Å². The summed E-state index contributed by atoms with van der Waals surface area (Å²) in [5.41, 5.74) is 3.67. The maximum atomic E-state index is 12.8. The summed E-state index contributed by atoms with van der Waals surface area (Å²) in [7, 11) is 0. The fraction of sp³-hybridized carbons (Fsp3) is 0.538. The SMILES string of the molecule is C[C@@H]1Cc2cc(CN3CCC[C@H]([C@@H](NC(=O)C4CCC4)c4ccccn4)C3)ccc2O1. The number of likely N-dealkylation sites (tertiary alicyclic amines) is 1. The minimum absolute atomic E-state index is 0.00799. The molecular weight excluding hydrogens is 386 g/mol. The first-order valence-electron chi connectivity index (χ1n) is 11.9. The van der Waals surface area contributed by atoms with Crippen LogP contribution in [0.4, 0.5) is 0 Å². The number of ether oxygens (including phenoxy) is 1. The highest BCUT2D eigenvalue weighted by molar-refractivity contribution is 5.79. The van der Waals surface area contributed by atoms with Gasteiger partial charge in [0, 0.05) is 31.6 Å². The van der Waals surface area contributed by atoms with Crippen molar-refractivity contribution in [3.63, 3.8) is 0 Å². The molecule has 1 aromatic carbocycles. The van der Waals surface area contributed by atoms with Crippen LogP contribution in [0, 0.1) is 11.8 Å². The third-order valence-electron chi connectivity index (χ3n) is 7.16. The highest BCUT2D eigenvalue weighted by Crippen LogP contribution is 2.33. The van der Waals surface area contributed by atoms with E-state index in [2.05, 4.69) is 46.4 Å². The van der Waals surface area contributed by atoms with E-state index in [9.17, 15) is 4.79 Å². The van der Waals surface area contributed by atoms with E-state index < -0.39 is 0 Å². The Hall–Kier alpha value is -2.40. The van der Waals surface area contributed by atoms with Crippen LogP contribution >= 0.6 is 0 Å². The van der Waals surface area contributed by atoms with Gasteiger partial charge in [0.15, 0.2) is 0 Å². The van der Waals surface area contributed by atoms with Crippen LogP contribution in [0.5, 0.6) is 5.75 Å². The van der Waals surface area contributed by atoms with Crippen molar-refractivity contribution in [1.29, 1.82) is 0 Å². The number of carbonyl (C=O) groups excluding carboxylic acids is 1. The Morgan fingerprint density at radius 3 is 2.90 bits per heavy atom. The Balaban J connectivity index is 1.29. The van der Waals surface area contributed by atoms with Crippen LogP contribution in [0.25, 0.3) is 0 Å². The summed E-state index contributed by atoms with van der Waals surface area (Å²) in [6.07, 6.45) is 8.62. The monoisotopic (exact) mass is 419 g/mol. The Labute approximate surface area is 185 Å². The van der Waals surface area contributed by atoms with Crippen LogP contribution in [0.3, 0.4) is 0 Å². The molecule has 0 radical (unpaired) electrons. The molecule has 5 rings (SSSR count). The number of amides is 1. The zero-order valence-corrected chi connectivity index (χ0v) is 18.4. The molecule has 3 heterocycles. The molecule has 2 aliphatic heterocycles. The molecule has 1 aromatic heterocycles. The molecule has 31 heavy (non-hydrogen) atoms. The van der Waals surface area contributed by atoms with Gasteiger partial charge in [-0.05, 0) is 74.4 Å². The van der Waals surface area contributed by atoms with E-state index >= 15 is 0 Å². The quantitative estimate of drug-likeness (QED) is 0.760. The summed E-state index contributed by atoms with van der Waals surface area (Å²) >= 11 is 0. The number of benzene rings is 1. The minimum Gasteiger partial charge on any atom is -0.490 e. The van der Waals surface area contributed by atoms with Crippen molar-refractivity contribution < 1.29 is 9.53 Å². The standard InChI is InChI=1S/C26H33N3O2/c1-18-14-22-15-19(10-11-24(22)31-18)16-29-13-5-8-21(17-29)25(23-9-2-3-12-27-23)28-26(30)20-6-4-7-20/h2-3,9-12,15,18,20-21,25H,4-8,13-14,16-17H2,1H3,(H,28,30)/t18-,21+,25-/m1/s1. The number of pyridine rings is 1. The van der Waals surface area contributed by atoms with Gasteiger partial charge in [0.1, 0.15) is 11.9 Å². The molecule has 1 amide bonds. The van der Waals surface area contributed by atoms with E-state index in [0.717, 1.165) is 63.2 Å². The fourth-order valence-corrected chi connectivity index (χ4v) is 5.27. The zero-order valence-electron chi connectivity index (χ0n) is 18.4. The molecule has 3 atom stereocenters. The van der Waals surface area contributed by atoms with Gasteiger partial charge < -0.3 is 10.1 Å². The van der Waals surface area contributed by atoms with Crippen molar-refractivity contribution in [2.24, 2.45) is 11.8 Å². The molecule has 1 N–H and O–H groups in total. The summed E-state index contributed by atoms with van der Waals surface area (Å²) in [5.74, 6) is 1.83. The van der Waals surface area contributed by atoms with Crippen LogP contribution in [0.15, 0.2) is 42.6 Å². The fourth-order valence-electron chi connectivity index (χ4n) is 5.27. The van der Waals surface area contributed by atoms with Crippen LogP contribution in [-0.2, 0) is 17.8 Å². The molecule has 164 valence electrons. The van der Waals surface area contributed by atoms with Crippen LogP contribution < -0.4 is 10.1 Å². The second kappa shape index (κ2) is 8.99. The zero-order chi connectivity index (χ0) is 21.2. The summed E-state index contributed by atoms with van der Waals surface area (Å²) in [4.78, 5) is 20.0. The molecule has 1 aliphatic carbocycles. The topological polar surface area (TPSA) is 54.5 Å². The van der Waals surface area contributed by atoms with Gasteiger partial charge in [0.05, 0.1) is 11.7 Å². The molecule has 3 aliphatic rings. The summed E-state index contributed by atoms with van der Waals surface area (Å²) in [6.45, 7) is 5.16. The number of aromatic nitrogens is 1. The second-order valence-corrected chi connectivity index (χ2v) is 9.58. The number of fused-ring (bicyclic) bond motifs is 1. The number of nitrogens with one attached hydrogen (secondary N) is 1. The van der Waals surface area contributed by atoms with E-state index in [1.807, 2.05) is 18.3 Å². The third-order valence-corrected chi connectivity index (χ3v) is 7.16. The number of hydrogen-bond donors (Lipinski definition) is 1. The van der Waals surface area contributed by atoms with E-state index in [-0.39, 0.29) is 24.0 Å². The first-order chi connectivity index (χ1) is 15.2. The molecule has 0 spiro atoms. The molecule has 1 saturated carbocycles. The van der Waals surface area contributed by atoms with Crippen molar-refractivity contribution in [1.82, 2.24) is 15.2 Å².